The van der Waals surface area contributed by atoms with Crippen LogP contribution in [0.1, 0.15) is 10.8 Å². The van der Waals surface area contributed by atoms with E-state index in [1.54, 1.807) is 0 Å². The molecule has 0 fully saturated rings. The van der Waals surface area contributed by atoms with Crippen LogP contribution in [0.4, 0.5) is 0 Å². The first kappa shape index (κ1) is 6.71. The number of aromatic nitrogens is 1. The summed E-state index contributed by atoms with van der Waals surface area (Å²) >= 11 is 4.24. The number of rotatable bonds is 2. The van der Waals surface area contributed by atoms with Gasteiger partial charge in [-0.2, -0.15) is 12.6 Å². The van der Waals surface area contributed by atoms with Crippen molar-refractivity contribution in [2.75, 3.05) is 6.54 Å². The standard InChI is InChI=1S/C6H10N2S/c7-3-6(9)5-1-2-8-4-5/h1-2,4,6,8-9H,3,7H2. The first-order chi connectivity index (χ1) is 4.34. The van der Waals surface area contributed by atoms with Gasteiger partial charge in [-0.25, -0.2) is 0 Å². The summed E-state index contributed by atoms with van der Waals surface area (Å²) in [5.41, 5.74) is 6.53. The summed E-state index contributed by atoms with van der Waals surface area (Å²) in [6, 6.07) is 1.98. The van der Waals surface area contributed by atoms with E-state index in [4.69, 9.17) is 5.73 Å². The maximum Gasteiger partial charge on any atom is 0.0404 e. The molecule has 0 saturated carbocycles. The van der Waals surface area contributed by atoms with Crippen LogP contribution in [0.2, 0.25) is 0 Å². The lowest BCUT2D eigenvalue weighted by molar-refractivity contribution is 0.951. The molecule has 0 spiro atoms. The zero-order valence-electron chi connectivity index (χ0n) is 5.04. The predicted octanol–water partition coefficient (Wildman–Crippen LogP) is 0.944. The van der Waals surface area contributed by atoms with E-state index in [2.05, 4.69) is 17.6 Å². The molecule has 1 rings (SSSR count). The molecule has 9 heavy (non-hydrogen) atoms. The van der Waals surface area contributed by atoms with Gasteiger partial charge in [0.1, 0.15) is 0 Å². The van der Waals surface area contributed by atoms with Crippen molar-refractivity contribution in [3.8, 4) is 0 Å². The van der Waals surface area contributed by atoms with Gasteiger partial charge >= 0.3 is 0 Å². The Bertz CT molecular complexity index is 160. The molecule has 0 aliphatic carbocycles. The average Bonchev–Trinajstić information content (AvgIpc) is 2.37. The van der Waals surface area contributed by atoms with Crippen molar-refractivity contribution in [1.82, 2.24) is 4.98 Å². The van der Waals surface area contributed by atoms with E-state index in [-0.39, 0.29) is 5.25 Å². The fourth-order valence-corrected chi connectivity index (χ4v) is 0.841. The van der Waals surface area contributed by atoms with Gasteiger partial charge in [-0.15, -0.1) is 0 Å². The van der Waals surface area contributed by atoms with Crippen LogP contribution in [0, 0.1) is 0 Å². The molecule has 0 amide bonds. The number of hydrogen-bond acceptors (Lipinski definition) is 2. The maximum atomic E-state index is 5.37. The van der Waals surface area contributed by atoms with Crippen molar-refractivity contribution in [1.29, 1.82) is 0 Å². The van der Waals surface area contributed by atoms with Crippen molar-refractivity contribution >= 4 is 12.6 Å². The SMILES string of the molecule is NCC(S)c1cc[nH]c1. The highest BCUT2D eigenvalue weighted by Crippen LogP contribution is 2.16. The van der Waals surface area contributed by atoms with Crippen LogP contribution in [0.15, 0.2) is 18.5 Å². The fourth-order valence-electron chi connectivity index (χ4n) is 0.680. The zero-order valence-corrected chi connectivity index (χ0v) is 5.94. The maximum absolute atomic E-state index is 5.37. The highest BCUT2D eigenvalue weighted by atomic mass is 32.1. The van der Waals surface area contributed by atoms with Crippen molar-refractivity contribution in [3.63, 3.8) is 0 Å². The third kappa shape index (κ3) is 1.50. The van der Waals surface area contributed by atoms with Gasteiger partial charge < -0.3 is 10.7 Å². The average molecular weight is 142 g/mol. The zero-order chi connectivity index (χ0) is 6.69. The number of hydrogen-bond donors (Lipinski definition) is 3. The Kier molecular flexibility index (Phi) is 2.19. The molecule has 50 valence electrons. The summed E-state index contributed by atoms with van der Waals surface area (Å²) < 4.78 is 0. The van der Waals surface area contributed by atoms with Crippen molar-refractivity contribution < 1.29 is 0 Å². The molecule has 1 aromatic heterocycles. The Morgan fingerprint density at radius 2 is 2.56 bits per heavy atom. The van der Waals surface area contributed by atoms with Crippen LogP contribution in [-0.2, 0) is 0 Å². The Balaban J connectivity index is 2.65. The Morgan fingerprint density at radius 1 is 1.78 bits per heavy atom. The molecule has 0 aliphatic heterocycles. The molecular weight excluding hydrogens is 132 g/mol. The van der Waals surface area contributed by atoms with E-state index < -0.39 is 0 Å². The van der Waals surface area contributed by atoms with Crippen LogP contribution >= 0.6 is 12.6 Å². The molecule has 3 N–H and O–H groups in total. The third-order valence-electron chi connectivity index (χ3n) is 1.23. The van der Waals surface area contributed by atoms with E-state index in [1.165, 1.54) is 0 Å². The van der Waals surface area contributed by atoms with Gasteiger partial charge in [0.25, 0.3) is 0 Å². The van der Waals surface area contributed by atoms with Crippen molar-refractivity contribution in [2.45, 2.75) is 5.25 Å². The number of H-pyrrole nitrogens is 1. The van der Waals surface area contributed by atoms with Gasteiger partial charge in [0, 0.05) is 24.2 Å². The summed E-state index contributed by atoms with van der Waals surface area (Å²) in [5, 5.41) is 0.177. The number of nitrogens with one attached hydrogen (secondary N) is 1. The van der Waals surface area contributed by atoms with Crippen LogP contribution in [0.3, 0.4) is 0 Å². The van der Waals surface area contributed by atoms with Gasteiger partial charge in [-0.1, -0.05) is 0 Å². The van der Waals surface area contributed by atoms with Gasteiger partial charge in [0.05, 0.1) is 0 Å². The fraction of sp³-hybridized carbons (Fsp3) is 0.333. The van der Waals surface area contributed by atoms with Gasteiger partial charge in [0.2, 0.25) is 0 Å². The second-order valence-corrected chi connectivity index (χ2v) is 2.52. The molecule has 1 atom stereocenters. The number of aromatic amines is 1. The smallest absolute Gasteiger partial charge is 0.0404 e. The molecule has 0 radical (unpaired) electrons. The van der Waals surface area contributed by atoms with Gasteiger partial charge in [-0.3, -0.25) is 0 Å². The highest BCUT2D eigenvalue weighted by Gasteiger charge is 2.01. The van der Waals surface area contributed by atoms with Crippen molar-refractivity contribution in [2.24, 2.45) is 5.73 Å². The van der Waals surface area contributed by atoms with Crippen LogP contribution in [-0.4, -0.2) is 11.5 Å². The highest BCUT2D eigenvalue weighted by molar-refractivity contribution is 7.80. The third-order valence-corrected chi connectivity index (χ3v) is 1.74. The van der Waals surface area contributed by atoms with Crippen LogP contribution in [0.25, 0.3) is 0 Å². The molecule has 1 aromatic rings. The molecule has 1 heterocycles. The van der Waals surface area contributed by atoms with E-state index in [9.17, 15) is 0 Å². The minimum Gasteiger partial charge on any atom is -0.367 e. The van der Waals surface area contributed by atoms with E-state index >= 15 is 0 Å². The molecule has 0 aliphatic rings. The Morgan fingerprint density at radius 3 is 3.00 bits per heavy atom. The van der Waals surface area contributed by atoms with Gasteiger partial charge in [0.15, 0.2) is 0 Å². The monoisotopic (exact) mass is 142 g/mol. The molecular formula is C6H10N2S. The summed E-state index contributed by atoms with van der Waals surface area (Å²) in [7, 11) is 0. The predicted molar refractivity (Wildman–Crippen MR) is 41.6 cm³/mol. The molecule has 3 heteroatoms. The first-order valence-electron chi connectivity index (χ1n) is 2.85. The van der Waals surface area contributed by atoms with E-state index in [1.807, 2.05) is 18.5 Å². The lowest BCUT2D eigenvalue weighted by atomic mass is 10.2. The second-order valence-electron chi connectivity index (χ2n) is 1.90. The number of thiol groups is 1. The largest absolute Gasteiger partial charge is 0.367 e. The summed E-state index contributed by atoms with van der Waals surface area (Å²) in [5.74, 6) is 0. The lowest BCUT2D eigenvalue weighted by Gasteiger charge is -2.01. The second kappa shape index (κ2) is 2.94. The molecule has 1 unspecified atom stereocenters. The quantitative estimate of drug-likeness (QED) is 0.529. The number of nitrogens with two attached hydrogens (primary N) is 1. The first-order valence-corrected chi connectivity index (χ1v) is 3.37. The van der Waals surface area contributed by atoms with Crippen molar-refractivity contribution in [3.05, 3.63) is 24.0 Å². The minimum atomic E-state index is 0.177. The Labute approximate surface area is 59.9 Å². The molecule has 0 aromatic carbocycles. The lowest BCUT2D eigenvalue weighted by Crippen LogP contribution is -2.05. The summed E-state index contributed by atoms with van der Waals surface area (Å²) in [6.07, 6.45) is 3.78. The Hall–Kier alpha value is -0.410. The van der Waals surface area contributed by atoms with Crippen LogP contribution < -0.4 is 5.73 Å². The van der Waals surface area contributed by atoms with E-state index in [0.717, 1.165) is 5.56 Å². The molecule has 0 bridgehead atoms. The van der Waals surface area contributed by atoms with Gasteiger partial charge in [-0.05, 0) is 11.6 Å². The topological polar surface area (TPSA) is 41.8 Å². The van der Waals surface area contributed by atoms with Crippen LogP contribution in [0.5, 0.6) is 0 Å². The molecule has 0 saturated heterocycles. The minimum absolute atomic E-state index is 0.177. The normalized spacial score (nSPS) is 13.6. The van der Waals surface area contributed by atoms with E-state index in [0.29, 0.717) is 6.54 Å². The molecule has 2 nitrogen and oxygen atoms in total. The summed E-state index contributed by atoms with van der Waals surface area (Å²) in [6.45, 7) is 0.584. The summed E-state index contributed by atoms with van der Waals surface area (Å²) in [4.78, 5) is 2.94.